The Hall–Kier alpha value is -2.34. The fraction of sp³-hybridized carbons (Fsp3) is 0.600. The number of carbonyl (C=O) groups excluding carboxylic acids is 1. The third kappa shape index (κ3) is 3.97. The van der Waals surface area contributed by atoms with Crippen molar-refractivity contribution >= 4 is 5.91 Å². The van der Waals surface area contributed by atoms with Gasteiger partial charge in [0, 0.05) is 17.4 Å². The van der Waals surface area contributed by atoms with Crippen LogP contribution in [-0.2, 0) is 4.79 Å². The summed E-state index contributed by atoms with van der Waals surface area (Å²) in [4.78, 5) is 14.6. The van der Waals surface area contributed by atoms with Crippen molar-refractivity contribution in [2.45, 2.75) is 81.4 Å². The summed E-state index contributed by atoms with van der Waals surface area (Å²) < 4.78 is 0. The van der Waals surface area contributed by atoms with Crippen molar-refractivity contribution in [3.63, 3.8) is 0 Å². The monoisotopic (exact) mass is 406 g/mol. The first-order valence-corrected chi connectivity index (χ1v) is 11.2. The molecular formula is C25H30N2O3. The minimum absolute atomic E-state index is 0.0105. The van der Waals surface area contributed by atoms with Gasteiger partial charge in [-0.05, 0) is 56.2 Å². The Labute approximate surface area is 178 Å². The zero-order valence-corrected chi connectivity index (χ0v) is 17.4. The summed E-state index contributed by atoms with van der Waals surface area (Å²) in [6, 6.07) is 9.08. The molecule has 5 heteroatoms. The molecule has 2 aliphatic carbocycles. The topological polar surface area (TPSA) is 84.6 Å². The summed E-state index contributed by atoms with van der Waals surface area (Å²) in [6.07, 6.45) is 8.55. The number of benzene rings is 1. The highest BCUT2D eigenvalue weighted by molar-refractivity contribution is 5.81. The van der Waals surface area contributed by atoms with Gasteiger partial charge in [-0.25, -0.2) is 0 Å². The van der Waals surface area contributed by atoms with Crippen LogP contribution in [0.1, 0.15) is 74.8 Å². The fourth-order valence-corrected chi connectivity index (χ4v) is 5.33. The zero-order chi connectivity index (χ0) is 21.1. The summed E-state index contributed by atoms with van der Waals surface area (Å²) in [5, 5.41) is 30.1. The van der Waals surface area contributed by atoms with Crippen LogP contribution in [-0.4, -0.2) is 45.3 Å². The molecule has 3 atom stereocenters. The number of hydrogen-bond acceptors (Lipinski definition) is 4. The molecule has 0 spiro atoms. The summed E-state index contributed by atoms with van der Waals surface area (Å²) in [5.41, 5.74) is 0.904. The van der Waals surface area contributed by atoms with Crippen LogP contribution in [0.4, 0.5) is 0 Å². The fourth-order valence-electron chi connectivity index (χ4n) is 5.33. The van der Waals surface area contributed by atoms with E-state index in [0.717, 1.165) is 62.5 Å². The van der Waals surface area contributed by atoms with E-state index in [2.05, 4.69) is 17.9 Å². The second-order valence-corrected chi connectivity index (χ2v) is 9.04. The first-order valence-electron chi connectivity index (χ1n) is 11.2. The number of likely N-dealkylation sites (tertiary alicyclic amines) is 1. The average Bonchev–Trinajstić information content (AvgIpc) is 3.20. The number of amides is 1. The summed E-state index contributed by atoms with van der Waals surface area (Å²) in [6.45, 7) is -0.143. The third-order valence-corrected chi connectivity index (χ3v) is 7.11. The highest BCUT2D eigenvalue weighted by Crippen LogP contribution is 2.42. The minimum Gasteiger partial charge on any atom is -0.394 e. The number of nitriles is 1. The highest BCUT2D eigenvalue weighted by Gasteiger charge is 2.52. The second-order valence-electron chi connectivity index (χ2n) is 9.04. The molecule has 2 saturated carbocycles. The van der Waals surface area contributed by atoms with E-state index in [0.29, 0.717) is 0 Å². The maximum Gasteiger partial charge on any atom is 0.227 e. The van der Waals surface area contributed by atoms with Crippen LogP contribution in [0.3, 0.4) is 0 Å². The third-order valence-electron chi connectivity index (χ3n) is 7.11. The smallest absolute Gasteiger partial charge is 0.227 e. The van der Waals surface area contributed by atoms with Crippen molar-refractivity contribution in [1.82, 2.24) is 4.90 Å². The van der Waals surface area contributed by atoms with Crippen LogP contribution in [0.15, 0.2) is 24.3 Å². The standard InChI is InChI=1S/C25H30N2O3/c26-16-21-23(22(17-28)27(21)24(29)20-6-2-1-3-7-20)19-10-8-18(9-11-19)12-15-25(30)13-4-5-14-25/h8-11,20-23,28,30H,1-7,13-14,17H2/t21-,22+,23+/m0/s1. The maximum atomic E-state index is 13.0. The van der Waals surface area contributed by atoms with Crippen LogP contribution in [0.5, 0.6) is 0 Å². The molecule has 3 fully saturated rings. The van der Waals surface area contributed by atoms with Gasteiger partial charge >= 0.3 is 0 Å². The number of hydrogen-bond donors (Lipinski definition) is 2. The molecule has 1 heterocycles. The van der Waals surface area contributed by atoms with Gasteiger partial charge < -0.3 is 15.1 Å². The van der Waals surface area contributed by atoms with Crippen LogP contribution in [0, 0.1) is 29.1 Å². The number of aliphatic hydroxyl groups excluding tert-OH is 1. The van der Waals surface area contributed by atoms with Gasteiger partial charge in [-0.15, -0.1) is 0 Å². The predicted octanol–water partition coefficient (Wildman–Crippen LogP) is 3.10. The largest absolute Gasteiger partial charge is 0.394 e. The van der Waals surface area contributed by atoms with Crippen molar-refractivity contribution in [3.05, 3.63) is 35.4 Å². The van der Waals surface area contributed by atoms with Gasteiger partial charge in [0.2, 0.25) is 5.91 Å². The van der Waals surface area contributed by atoms with E-state index in [-0.39, 0.29) is 30.4 Å². The Balaban J connectivity index is 1.48. The Bertz CT molecular complexity index is 864. The van der Waals surface area contributed by atoms with Gasteiger partial charge in [-0.3, -0.25) is 4.79 Å². The Morgan fingerprint density at radius 2 is 1.77 bits per heavy atom. The van der Waals surface area contributed by atoms with E-state index in [1.54, 1.807) is 4.90 Å². The molecule has 0 bridgehead atoms. The normalized spacial score (nSPS) is 28.2. The first-order chi connectivity index (χ1) is 14.6. The molecule has 0 unspecified atom stereocenters. The number of nitrogens with zero attached hydrogens (tertiary/aromatic N) is 2. The van der Waals surface area contributed by atoms with Crippen LogP contribution in [0.25, 0.3) is 0 Å². The zero-order valence-electron chi connectivity index (χ0n) is 17.4. The van der Waals surface area contributed by atoms with Gasteiger partial charge in [0.25, 0.3) is 0 Å². The molecular weight excluding hydrogens is 376 g/mol. The van der Waals surface area contributed by atoms with Gasteiger partial charge in [-0.2, -0.15) is 5.26 Å². The summed E-state index contributed by atoms with van der Waals surface area (Å²) >= 11 is 0. The quantitative estimate of drug-likeness (QED) is 0.756. The minimum atomic E-state index is -0.861. The van der Waals surface area contributed by atoms with Crippen molar-refractivity contribution in [3.8, 4) is 17.9 Å². The lowest BCUT2D eigenvalue weighted by Crippen LogP contribution is -2.66. The van der Waals surface area contributed by atoms with Crippen LogP contribution in [0.2, 0.25) is 0 Å². The van der Waals surface area contributed by atoms with Crippen molar-refractivity contribution in [2.75, 3.05) is 6.61 Å². The lowest BCUT2D eigenvalue weighted by atomic mass is 9.74. The molecule has 1 aromatic rings. The maximum absolute atomic E-state index is 13.0. The lowest BCUT2D eigenvalue weighted by Gasteiger charge is -2.52. The van der Waals surface area contributed by atoms with Crippen molar-refractivity contribution < 1.29 is 15.0 Å². The number of rotatable bonds is 3. The molecule has 0 radical (unpaired) electrons. The molecule has 1 saturated heterocycles. The molecule has 2 N–H and O–H groups in total. The van der Waals surface area contributed by atoms with E-state index in [1.807, 2.05) is 24.3 Å². The second kappa shape index (κ2) is 8.80. The van der Waals surface area contributed by atoms with E-state index < -0.39 is 11.6 Å². The van der Waals surface area contributed by atoms with Crippen molar-refractivity contribution in [2.24, 2.45) is 5.92 Å². The SMILES string of the molecule is N#C[C@H]1[C@@H](c2ccc(C#CC3(O)CCCC3)cc2)[C@@H](CO)N1C(=O)C1CCCCC1. The molecule has 4 rings (SSSR count). The Kier molecular flexibility index (Phi) is 6.14. The van der Waals surface area contributed by atoms with Gasteiger partial charge in [-0.1, -0.05) is 43.2 Å². The molecule has 3 aliphatic rings. The van der Waals surface area contributed by atoms with Gasteiger partial charge in [0.15, 0.2) is 0 Å². The highest BCUT2D eigenvalue weighted by atomic mass is 16.3. The summed E-state index contributed by atoms with van der Waals surface area (Å²) in [7, 11) is 0. The Morgan fingerprint density at radius 1 is 1.10 bits per heavy atom. The van der Waals surface area contributed by atoms with Crippen LogP contribution < -0.4 is 0 Å². The van der Waals surface area contributed by atoms with E-state index in [4.69, 9.17) is 0 Å². The van der Waals surface area contributed by atoms with E-state index in [1.165, 1.54) is 6.42 Å². The first kappa shape index (κ1) is 20.9. The molecule has 30 heavy (non-hydrogen) atoms. The lowest BCUT2D eigenvalue weighted by molar-refractivity contribution is -0.152. The Morgan fingerprint density at radius 3 is 2.37 bits per heavy atom. The molecule has 158 valence electrons. The average molecular weight is 407 g/mol. The molecule has 1 aromatic carbocycles. The van der Waals surface area contributed by atoms with Gasteiger partial charge in [0.1, 0.15) is 11.6 Å². The molecule has 1 amide bonds. The summed E-state index contributed by atoms with van der Waals surface area (Å²) in [5.74, 6) is 5.91. The van der Waals surface area contributed by atoms with Gasteiger partial charge in [0.05, 0.1) is 18.7 Å². The van der Waals surface area contributed by atoms with Crippen LogP contribution >= 0.6 is 0 Å². The molecule has 5 nitrogen and oxygen atoms in total. The molecule has 1 aliphatic heterocycles. The molecule has 0 aromatic heterocycles. The number of carbonyl (C=O) groups is 1. The number of aliphatic hydroxyl groups is 2. The van der Waals surface area contributed by atoms with E-state index in [9.17, 15) is 20.3 Å². The van der Waals surface area contributed by atoms with E-state index >= 15 is 0 Å². The predicted molar refractivity (Wildman–Crippen MR) is 113 cm³/mol. The van der Waals surface area contributed by atoms with Crippen molar-refractivity contribution in [1.29, 1.82) is 5.26 Å².